The quantitative estimate of drug-likeness (QED) is 0.511. The molecular formula is C13H16F4N2O. The van der Waals surface area contributed by atoms with Crippen molar-refractivity contribution in [3.8, 4) is 0 Å². The van der Waals surface area contributed by atoms with E-state index in [0.29, 0.717) is 19.6 Å². The van der Waals surface area contributed by atoms with Gasteiger partial charge in [0.2, 0.25) is 0 Å². The Kier molecular flexibility index (Phi) is 4.62. The average molecular weight is 292 g/mol. The van der Waals surface area contributed by atoms with Gasteiger partial charge in [0, 0.05) is 12.5 Å². The van der Waals surface area contributed by atoms with Crippen LogP contribution in [-0.2, 0) is 10.9 Å². The summed E-state index contributed by atoms with van der Waals surface area (Å²) in [6.07, 6.45) is -3.12. The number of hydrogen-bond donors (Lipinski definition) is 2. The summed E-state index contributed by atoms with van der Waals surface area (Å²) in [5, 5.41) is 0. The maximum atomic E-state index is 13.3. The minimum absolute atomic E-state index is 0.171. The molecule has 1 aromatic rings. The first-order chi connectivity index (χ1) is 9.43. The van der Waals surface area contributed by atoms with Crippen molar-refractivity contribution in [3.05, 3.63) is 35.1 Å². The monoisotopic (exact) mass is 292 g/mol. The third kappa shape index (κ3) is 3.28. The van der Waals surface area contributed by atoms with E-state index in [-0.39, 0.29) is 11.5 Å². The highest BCUT2D eigenvalue weighted by molar-refractivity contribution is 5.33. The van der Waals surface area contributed by atoms with Crippen molar-refractivity contribution in [3.63, 3.8) is 0 Å². The molecule has 1 aromatic carbocycles. The van der Waals surface area contributed by atoms with Gasteiger partial charge in [0.05, 0.1) is 18.2 Å². The highest BCUT2D eigenvalue weighted by Gasteiger charge is 2.37. The maximum Gasteiger partial charge on any atom is 0.416 e. The molecule has 0 bridgehead atoms. The predicted molar refractivity (Wildman–Crippen MR) is 65.0 cm³/mol. The Labute approximate surface area is 114 Å². The topological polar surface area (TPSA) is 47.3 Å². The zero-order chi connectivity index (χ0) is 14.8. The molecule has 0 aliphatic carbocycles. The van der Waals surface area contributed by atoms with Gasteiger partial charge in [-0.05, 0) is 36.6 Å². The minimum Gasteiger partial charge on any atom is -0.381 e. The Hall–Kier alpha value is -1.18. The van der Waals surface area contributed by atoms with Crippen molar-refractivity contribution in [1.82, 2.24) is 5.43 Å². The summed E-state index contributed by atoms with van der Waals surface area (Å²) in [6.45, 7) is 0.895. The van der Waals surface area contributed by atoms with Crippen LogP contribution < -0.4 is 11.3 Å². The van der Waals surface area contributed by atoms with E-state index in [1.165, 1.54) is 0 Å². The van der Waals surface area contributed by atoms with E-state index in [9.17, 15) is 17.6 Å². The number of hydrazine groups is 1. The molecular weight excluding hydrogens is 276 g/mol. The Balaban J connectivity index is 2.39. The van der Waals surface area contributed by atoms with E-state index in [4.69, 9.17) is 10.6 Å². The molecule has 3 nitrogen and oxygen atoms in total. The van der Waals surface area contributed by atoms with E-state index >= 15 is 0 Å². The Morgan fingerprint density at radius 1 is 1.35 bits per heavy atom. The normalized spacial score (nSPS) is 21.8. The van der Waals surface area contributed by atoms with Crippen LogP contribution >= 0.6 is 0 Å². The summed E-state index contributed by atoms with van der Waals surface area (Å²) in [6, 6.07) is 1.65. The molecule has 0 saturated carbocycles. The van der Waals surface area contributed by atoms with Gasteiger partial charge in [0.15, 0.2) is 0 Å². The molecule has 1 saturated heterocycles. The van der Waals surface area contributed by atoms with E-state index in [2.05, 4.69) is 5.43 Å². The van der Waals surface area contributed by atoms with Gasteiger partial charge in [-0.3, -0.25) is 11.3 Å². The van der Waals surface area contributed by atoms with E-state index < -0.39 is 23.6 Å². The number of alkyl halides is 3. The van der Waals surface area contributed by atoms with Gasteiger partial charge in [-0.25, -0.2) is 4.39 Å². The molecule has 2 atom stereocenters. The summed E-state index contributed by atoms with van der Waals surface area (Å²) in [5.41, 5.74) is 1.34. The summed E-state index contributed by atoms with van der Waals surface area (Å²) < 4.78 is 57.7. The number of halogens is 4. The third-order valence-corrected chi connectivity index (χ3v) is 3.50. The van der Waals surface area contributed by atoms with Crippen LogP contribution in [0.15, 0.2) is 18.2 Å². The Bertz CT molecular complexity index is 458. The first-order valence-electron chi connectivity index (χ1n) is 6.34. The molecule has 2 rings (SSSR count). The molecule has 7 heteroatoms. The van der Waals surface area contributed by atoms with E-state index in [0.717, 1.165) is 24.6 Å². The lowest BCUT2D eigenvalue weighted by molar-refractivity contribution is -0.138. The zero-order valence-electron chi connectivity index (χ0n) is 10.7. The van der Waals surface area contributed by atoms with Crippen molar-refractivity contribution >= 4 is 0 Å². The van der Waals surface area contributed by atoms with Gasteiger partial charge in [-0.15, -0.1) is 0 Å². The molecule has 0 amide bonds. The lowest BCUT2D eigenvalue weighted by Gasteiger charge is -2.31. The lowest BCUT2D eigenvalue weighted by atomic mass is 9.86. The second-order valence-corrected chi connectivity index (χ2v) is 4.85. The molecule has 0 aromatic heterocycles. The van der Waals surface area contributed by atoms with E-state index in [1.54, 1.807) is 0 Å². The Morgan fingerprint density at radius 3 is 2.65 bits per heavy atom. The van der Waals surface area contributed by atoms with Crippen LogP contribution in [-0.4, -0.2) is 13.2 Å². The molecule has 1 aliphatic rings. The number of rotatable bonds is 3. The second-order valence-electron chi connectivity index (χ2n) is 4.85. The smallest absolute Gasteiger partial charge is 0.381 e. The molecule has 20 heavy (non-hydrogen) atoms. The lowest BCUT2D eigenvalue weighted by Crippen LogP contribution is -2.38. The van der Waals surface area contributed by atoms with Crippen LogP contribution in [0.25, 0.3) is 0 Å². The van der Waals surface area contributed by atoms with Crippen molar-refractivity contribution in [2.45, 2.75) is 25.1 Å². The first-order valence-corrected chi connectivity index (χ1v) is 6.34. The molecule has 2 unspecified atom stereocenters. The average Bonchev–Trinajstić information content (AvgIpc) is 2.39. The summed E-state index contributed by atoms with van der Waals surface area (Å²) >= 11 is 0. The Morgan fingerprint density at radius 2 is 2.10 bits per heavy atom. The summed E-state index contributed by atoms with van der Waals surface area (Å²) in [4.78, 5) is 0. The third-order valence-electron chi connectivity index (χ3n) is 3.50. The van der Waals surface area contributed by atoms with Gasteiger partial charge in [-0.1, -0.05) is 0 Å². The number of nitrogens with two attached hydrogens (primary N) is 1. The molecule has 0 spiro atoms. The number of benzene rings is 1. The molecule has 112 valence electrons. The fourth-order valence-electron chi connectivity index (χ4n) is 2.56. The van der Waals surface area contributed by atoms with Gasteiger partial charge in [-0.2, -0.15) is 13.2 Å². The standard InChI is InChI=1S/C13H16F4N2O/c14-9-3-4-11(13(15,16)17)10(6-9)12(19-18)8-2-1-5-20-7-8/h3-4,6,8,12,19H,1-2,5,7,18H2. The summed E-state index contributed by atoms with van der Waals surface area (Å²) in [7, 11) is 0. The number of nitrogens with one attached hydrogen (secondary N) is 1. The number of ether oxygens (including phenoxy) is 1. The highest BCUT2D eigenvalue weighted by Crippen LogP contribution is 2.38. The van der Waals surface area contributed by atoms with Crippen LogP contribution in [0.4, 0.5) is 17.6 Å². The zero-order valence-corrected chi connectivity index (χ0v) is 10.7. The first kappa shape index (κ1) is 15.2. The molecule has 3 N–H and O–H groups in total. The summed E-state index contributed by atoms with van der Waals surface area (Å²) in [5.74, 6) is 4.47. The molecule has 1 aliphatic heterocycles. The molecule has 1 fully saturated rings. The molecule has 1 heterocycles. The van der Waals surface area contributed by atoms with Crippen LogP contribution in [0.1, 0.15) is 30.0 Å². The van der Waals surface area contributed by atoms with Crippen molar-refractivity contribution in [2.75, 3.05) is 13.2 Å². The largest absolute Gasteiger partial charge is 0.416 e. The van der Waals surface area contributed by atoms with Crippen molar-refractivity contribution in [2.24, 2.45) is 11.8 Å². The van der Waals surface area contributed by atoms with Gasteiger partial charge >= 0.3 is 6.18 Å². The van der Waals surface area contributed by atoms with Crippen LogP contribution in [0.3, 0.4) is 0 Å². The van der Waals surface area contributed by atoms with E-state index in [1.807, 2.05) is 0 Å². The predicted octanol–water partition coefficient (Wildman–Crippen LogP) is 2.78. The fourth-order valence-corrected chi connectivity index (χ4v) is 2.56. The van der Waals surface area contributed by atoms with Gasteiger partial charge < -0.3 is 4.74 Å². The van der Waals surface area contributed by atoms with Crippen LogP contribution in [0.2, 0.25) is 0 Å². The van der Waals surface area contributed by atoms with Crippen LogP contribution in [0, 0.1) is 11.7 Å². The van der Waals surface area contributed by atoms with Crippen LogP contribution in [0.5, 0.6) is 0 Å². The van der Waals surface area contributed by atoms with Gasteiger partial charge in [0.1, 0.15) is 5.82 Å². The van der Waals surface area contributed by atoms with Crippen molar-refractivity contribution in [1.29, 1.82) is 0 Å². The second kappa shape index (κ2) is 6.07. The molecule has 0 radical (unpaired) electrons. The number of hydrogen-bond acceptors (Lipinski definition) is 3. The SMILES string of the molecule is NNC(c1cc(F)ccc1C(F)(F)F)C1CCCOC1. The van der Waals surface area contributed by atoms with Crippen molar-refractivity contribution < 1.29 is 22.3 Å². The van der Waals surface area contributed by atoms with Gasteiger partial charge in [0.25, 0.3) is 0 Å². The minimum atomic E-state index is -4.55. The fraction of sp³-hybridized carbons (Fsp3) is 0.538. The maximum absolute atomic E-state index is 13.3. The highest BCUT2D eigenvalue weighted by atomic mass is 19.4.